The summed E-state index contributed by atoms with van der Waals surface area (Å²) in [6, 6.07) is 8.71. The van der Waals surface area contributed by atoms with Gasteiger partial charge in [0, 0.05) is 28.8 Å². The van der Waals surface area contributed by atoms with Gasteiger partial charge in [-0.05, 0) is 42.8 Å². The minimum absolute atomic E-state index is 0.122. The first kappa shape index (κ1) is 15.9. The molecule has 6 heteroatoms. The number of anilines is 1. The van der Waals surface area contributed by atoms with E-state index in [0.29, 0.717) is 27.8 Å². The minimum Gasteiger partial charge on any atom is -0.397 e. The summed E-state index contributed by atoms with van der Waals surface area (Å²) < 4.78 is 5.24. The van der Waals surface area contributed by atoms with Crippen molar-refractivity contribution in [2.45, 2.75) is 13.5 Å². The van der Waals surface area contributed by atoms with Crippen molar-refractivity contribution in [1.82, 2.24) is 4.98 Å². The Morgan fingerprint density at radius 1 is 1.35 bits per heavy atom. The maximum atomic E-state index is 12.7. The van der Waals surface area contributed by atoms with Gasteiger partial charge in [0.25, 0.3) is 0 Å². The second kappa shape index (κ2) is 6.28. The summed E-state index contributed by atoms with van der Waals surface area (Å²) in [6.45, 7) is 2.34. The molecule has 118 valence electrons. The normalized spacial score (nSPS) is 11.1. The van der Waals surface area contributed by atoms with Crippen molar-refractivity contribution in [2.75, 3.05) is 12.8 Å². The number of nitrogens with two attached hydrogens (primary N) is 1. The maximum absolute atomic E-state index is 12.7. The number of fused-ring (bicyclic) bond motifs is 1. The van der Waals surface area contributed by atoms with Gasteiger partial charge in [-0.1, -0.05) is 11.6 Å². The molecule has 1 aromatic carbocycles. The molecule has 2 heterocycles. The molecule has 2 N–H and O–H groups in total. The quantitative estimate of drug-likeness (QED) is 0.718. The molecular weight excluding hydrogens is 332 g/mol. The molecule has 2 aromatic heterocycles. The Morgan fingerprint density at radius 3 is 2.70 bits per heavy atom. The Labute approximate surface area is 142 Å². The van der Waals surface area contributed by atoms with Crippen molar-refractivity contribution in [1.29, 1.82) is 0 Å². The van der Waals surface area contributed by atoms with E-state index in [1.807, 2.05) is 13.0 Å². The van der Waals surface area contributed by atoms with Crippen LogP contribution in [0, 0.1) is 6.92 Å². The molecule has 4 nitrogen and oxygen atoms in total. The van der Waals surface area contributed by atoms with Crippen molar-refractivity contribution >= 4 is 44.6 Å². The first-order chi connectivity index (χ1) is 11.0. The number of pyridine rings is 1. The van der Waals surface area contributed by atoms with Crippen LogP contribution in [-0.4, -0.2) is 17.9 Å². The number of halogens is 1. The van der Waals surface area contributed by atoms with Crippen LogP contribution in [0.3, 0.4) is 0 Å². The Morgan fingerprint density at radius 2 is 2.04 bits per heavy atom. The molecule has 3 aromatic rings. The third-order valence-corrected chi connectivity index (χ3v) is 4.87. The molecule has 0 bridgehead atoms. The highest BCUT2D eigenvalue weighted by atomic mass is 35.5. The number of carbonyl (C=O) groups is 1. The van der Waals surface area contributed by atoms with Crippen molar-refractivity contribution < 1.29 is 9.53 Å². The second-order valence-corrected chi connectivity index (χ2v) is 6.65. The number of hydrogen-bond donors (Lipinski definition) is 1. The molecule has 0 aliphatic carbocycles. The maximum Gasteiger partial charge on any atom is 0.205 e. The van der Waals surface area contributed by atoms with Gasteiger partial charge in [-0.3, -0.25) is 4.79 Å². The van der Waals surface area contributed by atoms with Crippen molar-refractivity contribution in [3.8, 4) is 0 Å². The lowest BCUT2D eigenvalue weighted by Crippen LogP contribution is -2.02. The molecule has 0 radical (unpaired) electrons. The van der Waals surface area contributed by atoms with Crippen LogP contribution >= 0.6 is 22.9 Å². The molecule has 23 heavy (non-hydrogen) atoms. The summed E-state index contributed by atoms with van der Waals surface area (Å²) >= 11 is 7.18. The minimum atomic E-state index is -0.122. The predicted molar refractivity (Wildman–Crippen MR) is 94.4 cm³/mol. The first-order valence-electron chi connectivity index (χ1n) is 6.99. The number of methoxy groups -OCH3 is 1. The Hall–Kier alpha value is -1.95. The lowest BCUT2D eigenvalue weighted by molar-refractivity contribution is 0.104. The SMILES string of the molecule is COCc1cc(C)nc2sc(C(=O)c3ccc(Cl)cc3)c(N)c12. The monoisotopic (exact) mass is 346 g/mol. The number of hydrogen-bond acceptors (Lipinski definition) is 5. The fourth-order valence-electron chi connectivity index (χ4n) is 2.51. The van der Waals surface area contributed by atoms with Crippen LogP contribution in [-0.2, 0) is 11.3 Å². The van der Waals surface area contributed by atoms with E-state index in [1.165, 1.54) is 11.3 Å². The lowest BCUT2D eigenvalue weighted by Gasteiger charge is -2.05. The third-order valence-electron chi connectivity index (χ3n) is 3.52. The molecule has 0 unspecified atom stereocenters. The van der Waals surface area contributed by atoms with E-state index < -0.39 is 0 Å². The Kier molecular flexibility index (Phi) is 4.35. The molecular formula is C17H15ClN2O2S. The summed E-state index contributed by atoms with van der Waals surface area (Å²) in [5.41, 5.74) is 9.09. The average Bonchev–Trinajstić information content (AvgIpc) is 2.84. The number of benzene rings is 1. The van der Waals surface area contributed by atoms with E-state index in [1.54, 1.807) is 31.4 Å². The number of rotatable bonds is 4. The Bertz CT molecular complexity index is 888. The lowest BCUT2D eigenvalue weighted by atomic mass is 10.1. The molecule has 0 amide bonds. The number of ether oxygens (including phenoxy) is 1. The van der Waals surface area contributed by atoms with E-state index in [9.17, 15) is 4.79 Å². The summed E-state index contributed by atoms with van der Waals surface area (Å²) in [7, 11) is 1.63. The predicted octanol–water partition coefficient (Wildman–Crippen LogP) is 4.22. The number of nitrogens with zero attached hydrogens (tertiary/aromatic N) is 1. The average molecular weight is 347 g/mol. The van der Waals surface area contributed by atoms with Crippen LogP contribution in [0.1, 0.15) is 26.5 Å². The van der Waals surface area contributed by atoms with Gasteiger partial charge in [0.2, 0.25) is 5.78 Å². The van der Waals surface area contributed by atoms with E-state index in [0.717, 1.165) is 21.5 Å². The highest BCUT2D eigenvalue weighted by Crippen LogP contribution is 2.36. The first-order valence-corrected chi connectivity index (χ1v) is 8.18. The highest BCUT2D eigenvalue weighted by molar-refractivity contribution is 7.21. The van der Waals surface area contributed by atoms with Crippen LogP contribution in [0.5, 0.6) is 0 Å². The standard InChI is InChI=1S/C17H15ClN2O2S/c1-9-7-11(8-22-2)13-14(19)16(23-17(13)20-9)15(21)10-3-5-12(18)6-4-10/h3-7H,8,19H2,1-2H3. The smallest absolute Gasteiger partial charge is 0.205 e. The van der Waals surface area contributed by atoms with Gasteiger partial charge >= 0.3 is 0 Å². The number of ketones is 1. The van der Waals surface area contributed by atoms with E-state index in [2.05, 4.69) is 4.98 Å². The second-order valence-electron chi connectivity index (χ2n) is 5.22. The van der Waals surface area contributed by atoms with Gasteiger partial charge in [0.15, 0.2) is 0 Å². The summed E-state index contributed by atoms with van der Waals surface area (Å²) in [4.78, 5) is 18.5. The topological polar surface area (TPSA) is 65.2 Å². The fraction of sp³-hybridized carbons (Fsp3) is 0.176. The third kappa shape index (κ3) is 2.95. The molecule has 3 rings (SSSR count). The van der Waals surface area contributed by atoms with Gasteiger partial charge in [0.05, 0.1) is 12.3 Å². The number of carbonyl (C=O) groups excluding carboxylic acids is 1. The molecule has 0 fully saturated rings. The van der Waals surface area contributed by atoms with Crippen LogP contribution in [0.2, 0.25) is 5.02 Å². The van der Waals surface area contributed by atoms with Crippen molar-refractivity contribution in [2.24, 2.45) is 0 Å². The van der Waals surface area contributed by atoms with Gasteiger partial charge in [-0.25, -0.2) is 4.98 Å². The molecule has 0 spiro atoms. The zero-order valence-electron chi connectivity index (χ0n) is 12.7. The molecule has 0 saturated carbocycles. The molecule has 0 saturated heterocycles. The van der Waals surface area contributed by atoms with Crippen molar-refractivity contribution in [3.05, 3.63) is 57.1 Å². The van der Waals surface area contributed by atoms with Crippen molar-refractivity contribution in [3.63, 3.8) is 0 Å². The van der Waals surface area contributed by atoms with Gasteiger partial charge in [-0.15, -0.1) is 11.3 Å². The zero-order valence-corrected chi connectivity index (χ0v) is 14.3. The number of thiophene rings is 1. The summed E-state index contributed by atoms with van der Waals surface area (Å²) in [6.07, 6.45) is 0. The van der Waals surface area contributed by atoms with Crippen LogP contribution in [0.25, 0.3) is 10.2 Å². The number of aromatic nitrogens is 1. The molecule has 0 aliphatic rings. The molecule has 0 atom stereocenters. The highest BCUT2D eigenvalue weighted by Gasteiger charge is 2.21. The van der Waals surface area contributed by atoms with E-state index >= 15 is 0 Å². The number of aryl methyl sites for hydroxylation is 1. The zero-order chi connectivity index (χ0) is 16.6. The van der Waals surface area contributed by atoms with Crippen LogP contribution in [0.15, 0.2) is 30.3 Å². The summed E-state index contributed by atoms with van der Waals surface area (Å²) in [5.74, 6) is -0.122. The van der Waals surface area contributed by atoms with Gasteiger partial charge in [-0.2, -0.15) is 0 Å². The largest absolute Gasteiger partial charge is 0.397 e. The van der Waals surface area contributed by atoms with E-state index in [-0.39, 0.29) is 5.78 Å². The van der Waals surface area contributed by atoms with Crippen LogP contribution in [0.4, 0.5) is 5.69 Å². The van der Waals surface area contributed by atoms with E-state index in [4.69, 9.17) is 22.1 Å². The van der Waals surface area contributed by atoms with Crippen LogP contribution < -0.4 is 5.73 Å². The fourth-order valence-corrected chi connectivity index (χ4v) is 3.78. The molecule has 0 aliphatic heterocycles. The Balaban J connectivity index is 2.15. The van der Waals surface area contributed by atoms with Gasteiger partial charge < -0.3 is 10.5 Å². The van der Waals surface area contributed by atoms with Gasteiger partial charge in [0.1, 0.15) is 9.71 Å². The number of nitrogen functional groups attached to an aromatic ring is 1. The summed E-state index contributed by atoms with van der Waals surface area (Å²) in [5, 5.41) is 1.39.